The number of likely N-dealkylation sites (N-methyl/N-ethyl adjacent to an activating group) is 4. The molecule has 4 aromatic rings. The molecule has 3 aliphatic rings. The topological polar surface area (TPSA) is 240 Å². The molecule has 19 nitrogen and oxygen atoms in total. The van der Waals surface area contributed by atoms with E-state index in [-0.39, 0.29) is 30.3 Å². The highest BCUT2D eigenvalue weighted by molar-refractivity contribution is 14.1. The molecule has 2 aromatic carbocycles. The third-order valence-corrected chi connectivity index (χ3v) is 13.2. The van der Waals surface area contributed by atoms with Crippen molar-refractivity contribution in [3.63, 3.8) is 0 Å². The van der Waals surface area contributed by atoms with Gasteiger partial charge in [-0.1, -0.05) is 17.8 Å². The van der Waals surface area contributed by atoms with Crippen LogP contribution in [0.25, 0.3) is 0 Å². The van der Waals surface area contributed by atoms with Crippen LogP contribution in [0.1, 0.15) is 124 Å². The summed E-state index contributed by atoms with van der Waals surface area (Å²) in [6.45, 7) is 5.32. The maximum atomic E-state index is 13.2. The van der Waals surface area contributed by atoms with E-state index < -0.39 is 58.9 Å². The molecule has 0 bridgehead atoms. The number of amides is 4. The number of nitrogens with one attached hydrogen (secondary N) is 2. The van der Waals surface area contributed by atoms with Gasteiger partial charge in [0, 0.05) is 87.0 Å². The fourth-order valence-corrected chi connectivity index (χ4v) is 7.79. The minimum atomic E-state index is -1.78. The van der Waals surface area contributed by atoms with Crippen molar-refractivity contribution >= 4 is 70.4 Å². The molecule has 406 valence electrons. The monoisotopic (exact) mass is 1160 g/mol. The molecule has 0 saturated carbocycles. The van der Waals surface area contributed by atoms with Crippen molar-refractivity contribution in [3.8, 4) is 24.2 Å². The lowest BCUT2D eigenvalue weighted by atomic mass is 9.92. The Morgan fingerprint density at radius 1 is 0.645 bits per heavy atom. The highest BCUT2D eigenvalue weighted by atomic mass is 127. The average Bonchev–Trinajstić information content (AvgIpc) is 4.30. The first-order chi connectivity index (χ1) is 36.5. The average molecular weight is 1160 g/mol. The summed E-state index contributed by atoms with van der Waals surface area (Å²) < 4.78 is 37.7. The predicted molar refractivity (Wildman–Crippen MR) is 286 cm³/mol. The van der Waals surface area contributed by atoms with Gasteiger partial charge in [0.1, 0.15) is 25.7 Å². The molecular weight excluding hydrogens is 1100 g/mol. The summed E-state index contributed by atoms with van der Waals surface area (Å²) in [7, 11) is 5.69. The van der Waals surface area contributed by atoms with Gasteiger partial charge in [-0.2, -0.15) is 0 Å². The molecule has 2 unspecified atom stereocenters. The normalized spacial score (nSPS) is 17.1. The van der Waals surface area contributed by atoms with Crippen LogP contribution in [-0.2, 0) is 42.9 Å². The maximum Gasteiger partial charge on any atom is 0.254 e. The molecule has 3 saturated heterocycles. The third-order valence-electron chi connectivity index (χ3n) is 12.5. The van der Waals surface area contributed by atoms with E-state index in [4.69, 9.17) is 38.9 Å². The van der Waals surface area contributed by atoms with Crippen LogP contribution >= 0.6 is 22.6 Å². The molecule has 3 fully saturated rings. The van der Waals surface area contributed by atoms with Gasteiger partial charge in [-0.25, -0.2) is 0 Å². The SMILES string of the molecule is C#Cc1coc(C=O)c1.C1CCOC1.CNC(=O)[C@@](C)(C(=O)COC1CCCCO1)N(C)C(=O)c1ccc(C#Cc2coc(C=O)c2)cc1.CNC(=O)[C@@](C)(C(=O)COC1CCCCO1)N(C)C(=O)c1ccc(I)cc1. The second-order valence-electron chi connectivity index (χ2n) is 17.6. The van der Waals surface area contributed by atoms with Crippen LogP contribution < -0.4 is 10.6 Å². The highest BCUT2D eigenvalue weighted by Crippen LogP contribution is 2.23. The number of benzene rings is 2. The van der Waals surface area contributed by atoms with Gasteiger partial charge in [-0.3, -0.25) is 38.4 Å². The highest BCUT2D eigenvalue weighted by Gasteiger charge is 2.48. The Labute approximate surface area is 456 Å². The molecule has 4 atom stereocenters. The van der Waals surface area contributed by atoms with Gasteiger partial charge in [0.2, 0.25) is 0 Å². The molecule has 3 aliphatic heterocycles. The van der Waals surface area contributed by atoms with E-state index in [1.807, 2.05) is 0 Å². The minimum absolute atomic E-state index is 0.184. The summed E-state index contributed by atoms with van der Waals surface area (Å²) in [5.41, 5.74) is -1.02. The number of rotatable bonds is 16. The fourth-order valence-electron chi connectivity index (χ4n) is 7.43. The summed E-state index contributed by atoms with van der Waals surface area (Å²) in [6.07, 6.45) is 15.7. The van der Waals surface area contributed by atoms with Crippen molar-refractivity contribution in [2.75, 3.05) is 67.8 Å². The molecule has 20 heteroatoms. The van der Waals surface area contributed by atoms with E-state index in [9.17, 15) is 38.4 Å². The van der Waals surface area contributed by atoms with Gasteiger partial charge >= 0.3 is 0 Å². The maximum absolute atomic E-state index is 13.2. The van der Waals surface area contributed by atoms with Crippen LogP contribution in [0.15, 0.2) is 82.0 Å². The van der Waals surface area contributed by atoms with Crippen molar-refractivity contribution in [2.24, 2.45) is 0 Å². The van der Waals surface area contributed by atoms with Gasteiger partial charge in [-0.15, -0.1) is 6.42 Å². The Kier molecular flexibility index (Phi) is 25.4. The number of halogens is 1. The molecule has 76 heavy (non-hydrogen) atoms. The van der Waals surface area contributed by atoms with Crippen LogP contribution in [-0.4, -0.2) is 149 Å². The first-order valence-electron chi connectivity index (χ1n) is 24.5. The second-order valence-corrected chi connectivity index (χ2v) is 18.8. The van der Waals surface area contributed by atoms with Crippen molar-refractivity contribution < 1.29 is 70.9 Å². The molecule has 7 rings (SSSR count). The third kappa shape index (κ3) is 17.6. The molecule has 0 aliphatic carbocycles. The zero-order valence-electron chi connectivity index (χ0n) is 43.6. The van der Waals surface area contributed by atoms with E-state index >= 15 is 0 Å². The lowest BCUT2D eigenvalue weighted by molar-refractivity contribution is -0.174. The first-order valence-corrected chi connectivity index (χ1v) is 25.6. The van der Waals surface area contributed by atoms with E-state index in [0.717, 1.165) is 47.4 Å². The number of hydrogen-bond acceptors (Lipinski definition) is 15. The minimum Gasteiger partial charge on any atom is -0.460 e. The van der Waals surface area contributed by atoms with Crippen LogP contribution in [0.5, 0.6) is 0 Å². The molecule has 2 N–H and O–H groups in total. The van der Waals surface area contributed by atoms with Crippen LogP contribution in [0.3, 0.4) is 0 Å². The van der Waals surface area contributed by atoms with Crippen molar-refractivity contribution in [1.29, 1.82) is 0 Å². The Bertz CT molecular complexity index is 2680. The zero-order chi connectivity index (χ0) is 55.7. The molecule has 0 radical (unpaired) electrons. The fraction of sp³-hybridized carbons (Fsp3) is 0.429. The number of carbonyl (C=O) groups is 8. The summed E-state index contributed by atoms with van der Waals surface area (Å²) in [4.78, 5) is 100. The van der Waals surface area contributed by atoms with E-state index in [1.54, 1.807) is 48.5 Å². The largest absolute Gasteiger partial charge is 0.460 e. The Hall–Kier alpha value is -6.79. The lowest BCUT2D eigenvalue weighted by Crippen LogP contribution is -2.62. The summed E-state index contributed by atoms with van der Waals surface area (Å²) in [5.74, 6) is 5.39. The number of Topliss-reactive ketones (excluding diaryl/α,β-unsaturated/α-hetero) is 2. The van der Waals surface area contributed by atoms with Crippen molar-refractivity contribution in [3.05, 3.63) is 116 Å². The lowest BCUT2D eigenvalue weighted by Gasteiger charge is -2.36. The molecular formula is C56H65IN4O15. The van der Waals surface area contributed by atoms with Crippen molar-refractivity contribution in [2.45, 2.75) is 88.9 Å². The molecule has 0 spiro atoms. The van der Waals surface area contributed by atoms with Crippen molar-refractivity contribution in [1.82, 2.24) is 20.4 Å². The Morgan fingerprint density at radius 3 is 1.41 bits per heavy atom. The number of terminal acetylenes is 1. The number of aldehydes is 2. The molecule has 4 amide bonds. The zero-order valence-corrected chi connectivity index (χ0v) is 45.8. The van der Waals surface area contributed by atoms with Gasteiger partial charge in [0.15, 0.2) is 59.3 Å². The Balaban J connectivity index is 0.000000265. The quantitative estimate of drug-likeness (QED) is 0.0564. The predicted octanol–water partition coefficient (Wildman–Crippen LogP) is 6.03. The molecule has 5 heterocycles. The summed E-state index contributed by atoms with van der Waals surface area (Å²) in [5, 5.41) is 4.95. The van der Waals surface area contributed by atoms with E-state index in [2.05, 4.69) is 51.0 Å². The van der Waals surface area contributed by atoms with Gasteiger partial charge in [0.05, 0.1) is 11.1 Å². The van der Waals surface area contributed by atoms with Gasteiger partial charge in [-0.05, 0) is 136 Å². The van der Waals surface area contributed by atoms with Crippen LogP contribution in [0.2, 0.25) is 0 Å². The smallest absolute Gasteiger partial charge is 0.254 e. The number of nitrogens with zero attached hydrogens (tertiary/aromatic N) is 2. The van der Waals surface area contributed by atoms with Crippen LogP contribution in [0, 0.1) is 27.8 Å². The number of ketones is 2. The number of carbonyl (C=O) groups excluding carboxylic acids is 8. The Morgan fingerprint density at radius 2 is 1.05 bits per heavy atom. The first kappa shape index (κ1) is 61.8. The number of hydrogen-bond donors (Lipinski definition) is 2. The second kappa shape index (κ2) is 31.3. The van der Waals surface area contributed by atoms with Crippen LogP contribution in [0.4, 0.5) is 0 Å². The summed E-state index contributed by atoms with van der Waals surface area (Å²) in [6, 6.07) is 16.4. The number of ether oxygens (including phenoxy) is 5. The number of furan rings is 2. The summed E-state index contributed by atoms with van der Waals surface area (Å²) >= 11 is 2.14. The standard InChI is InChI=1S/C26H28N2O7.C19H25IN2O5.C7H4O2.C4H8O/c1-26(25(32)27-2,22(30)17-35-23-6-4-5-13-33-23)28(3)24(31)20-11-9-18(10-12-20)7-8-19-14-21(15-29)34-16-19;1-19(18(25)21-2,15(23)12-27-16-6-4-5-11-26-16)22(3)17(24)13-7-9-14(20)10-8-13;1-2-6-3-7(4-8)9-5-6;1-2-4-5-3-1/h9-12,14-16,23H,4-6,13,17H2,1-3H3,(H,27,32);7-10,16H,4-6,11-12H2,1-3H3,(H,21,25);1,3-5H;1-4H2/t23?,26-;16?,19-;;/m11../s1. The van der Waals surface area contributed by atoms with Gasteiger partial charge in [0.25, 0.3) is 23.6 Å². The van der Waals surface area contributed by atoms with E-state index in [1.165, 1.54) is 84.4 Å². The van der Waals surface area contributed by atoms with Gasteiger partial charge < -0.3 is 53.0 Å². The van der Waals surface area contributed by atoms with E-state index in [0.29, 0.717) is 60.9 Å². The molecule has 2 aromatic heterocycles.